The van der Waals surface area contributed by atoms with E-state index in [1.807, 2.05) is 18.4 Å². The summed E-state index contributed by atoms with van der Waals surface area (Å²) in [4.78, 5) is 16.7. The molecule has 1 atom stereocenters. The second-order valence-corrected chi connectivity index (χ2v) is 5.62. The number of pyridine rings is 1. The summed E-state index contributed by atoms with van der Waals surface area (Å²) in [5, 5.41) is 3.91. The summed E-state index contributed by atoms with van der Waals surface area (Å²) in [5.74, 6) is -0.0378. The molecule has 0 saturated carbocycles. The molecule has 1 aliphatic carbocycles. The monoisotopic (exact) mass is 284 g/mol. The van der Waals surface area contributed by atoms with Crippen molar-refractivity contribution in [1.29, 1.82) is 0 Å². The lowest BCUT2D eigenvalue weighted by molar-refractivity contribution is 0.0933. The molecule has 3 nitrogen and oxygen atoms in total. The van der Waals surface area contributed by atoms with Crippen molar-refractivity contribution in [2.75, 3.05) is 6.26 Å². The van der Waals surface area contributed by atoms with Gasteiger partial charge in [-0.1, -0.05) is 24.3 Å². The Morgan fingerprint density at radius 1 is 1.30 bits per heavy atom. The Balaban J connectivity index is 1.81. The minimum atomic E-state index is -0.0378. The molecule has 0 fully saturated rings. The van der Waals surface area contributed by atoms with E-state index in [4.69, 9.17) is 0 Å². The molecule has 1 unspecified atom stereocenters. The highest BCUT2D eigenvalue weighted by atomic mass is 32.2. The van der Waals surface area contributed by atoms with Crippen LogP contribution in [0.15, 0.2) is 47.6 Å². The number of thioether (sulfide) groups is 1. The largest absolute Gasteiger partial charge is 0.345 e. The number of amides is 1. The summed E-state index contributed by atoms with van der Waals surface area (Å²) in [6, 6.07) is 12.1. The van der Waals surface area contributed by atoms with Crippen molar-refractivity contribution in [3.05, 3.63) is 59.3 Å². The first-order chi connectivity index (χ1) is 9.79. The van der Waals surface area contributed by atoms with Gasteiger partial charge in [0, 0.05) is 6.20 Å². The predicted octanol–water partition coefficient (Wildman–Crippen LogP) is 3.22. The molecular weight excluding hydrogens is 268 g/mol. The number of carbonyl (C=O) groups is 1. The molecule has 1 amide bonds. The Morgan fingerprint density at radius 3 is 3.00 bits per heavy atom. The van der Waals surface area contributed by atoms with Gasteiger partial charge >= 0.3 is 0 Å². The van der Waals surface area contributed by atoms with Crippen LogP contribution in [0.4, 0.5) is 0 Å². The first-order valence-corrected chi connectivity index (χ1v) is 7.89. The molecule has 1 N–H and O–H groups in total. The summed E-state index contributed by atoms with van der Waals surface area (Å²) < 4.78 is 0. The van der Waals surface area contributed by atoms with Crippen LogP contribution < -0.4 is 5.32 Å². The van der Waals surface area contributed by atoms with Crippen LogP contribution in [0, 0.1) is 0 Å². The number of nitrogens with zero attached hydrogens (tertiary/aromatic N) is 1. The zero-order chi connectivity index (χ0) is 13.9. The molecule has 102 valence electrons. The average Bonchev–Trinajstić information content (AvgIpc) is 2.90. The van der Waals surface area contributed by atoms with E-state index in [1.165, 1.54) is 22.9 Å². The molecule has 2 aromatic rings. The van der Waals surface area contributed by atoms with Crippen molar-refractivity contribution >= 4 is 17.7 Å². The molecule has 1 heterocycles. The summed E-state index contributed by atoms with van der Waals surface area (Å²) in [6.45, 7) is 0. The van der Waals surface area contributed by atoms with Crippen LogP contribution >= 0.6 is 11.8 Å². The molecule has 1 aromatic heterocycles. The van der Waals surface area contributed by atoms with Gasteiger partial charge in [-0.3, -0.25) is 4.79 Å². The average molecular weight is 284 g/mol. The molecule has 1 aliphatic rings. The van der Waals surface area contributed by atoms with Gasteiger partial charge in [0.05, 0.1) is 11.6 Å². The second kappa shape index (κ2) is 5.67. The third kappa shape index (κ3) is 2.43. The highest BCUT2D eigenvalue weighted by molar-refractivity contribution is 7.98. The van der Waals surface area contributed by atoms with Gasteiger partial charge < -0.3 is 5.32 Å². The maximum Gasteiger partial charge on any atom is 0.254 e. The van der Waals surface area contributed by atoms with Gasteiger partial charge in [0.15, 0.2) is 0 Å². The zero-order valence-electron chi connectivity index (χ0n) is 11.3. The number of aromatic nitrogens is 1. The summed E-state index contributed by atoms with van der Waals surface area (Å²) in [6.07, 6.45) is 5.65. The van der Waals surface area contributed by atoms with Gasteiger partial charge in [-0.15, -0.1) is 11.8 Å². The van der Waals surface area contributed by atoms with Crippen molar-refractivity contribution in [2.45, 2.75) is 23.9 Å². The Morgan fingerprint density at radius 2 is 2.15 bits per heavy atom. The van der Waals surface area contributed by atoms with E-state index >= 15 is 0 Å². The van der Waals surface area contributed by atoms with Crippen LogP contribution in [-0.2, 0) is 6.42 Å². The van der Waals surface area contributed by atoms with Gasteiger partial charge in [0.1, 0.15) is 5.03 Å². The number of hydrogen-bond acceptors (Lipinski definition) is 3. The molecule has 0 bridgehead atoms. The van der Waals surface area contributed by atoms with Gasteiger partial charge in [-0.25, -0.2) is 4.98 Å². The van der Waals surface area contributed by atoms with Gasteiger partial charge in [-0.05, 0) is 42.4 Å². The fourth-order valence-electron chi connectivity index (χ4n) is 2.67. The zero-order valence-corrected chi connectivity index (χ0v) is 12.1. The van der Waals surface area contributed by atoms with E-state index in [0.29, 0.717) is 5.56 Å². The summed E-state index contributed by atoms with van der Waals surface area (Å²) >= 11 is 1.50. The van der Waals surface area contributed by atoms with Gasteiger partial charge in [0.25, 0.3) is 5.91 Å². The summed E-state index contributed by atoms with van der Waals surface area (Å²) in [5.41, 5.74) is 3.24. The molecule has 20 heavy (non-hydrogen) atoms. The van der Waals surface area contributed by atoms with Crippen molar-refractivity contribution in [1.82, 2.24) is 10.3 Å². The van der Waals surface area contributed by atoms with E-state index in [0.717, 1.165) is 17.9 Å². The minimum Gasteiger partial charge on any atom is -0.345 e. The van der Waals surface area contributed by atoms with Crippen molar-refractivity contribution in [2.24, 2.45) is 0 Å². The van der Waals surface area contributed by atoms with E-state index in [2.05, 4.69) is 28.5 Å². The van der Waals surface area contributed by atoms with Crippen LogP contribution in [0.1, 0.15) is 33.9 Å². The van der Waals surface area contributed by atoms with Crippen LogP contribution in [0.2, 0.25) is 0 Å². The van der Waals surface area contributed by atoms with Crippen molar-refractivity contribution < 1.29 is 4.79 Å². The second-order valence-electron chi connectivity index (χ2n) is 4.82. The lowest BCUT2D eigenvalue weighted by Crippen LogP contribution is -2.27. The molecule has 0 aliphatic heterocycles. The maximum atomic E-state index is 12.4. The number of nitrogens with one attached hydrogen (secondary N) is 1. The molecule has 1 aromatic carbocycles. The maximum absolute atomic E-state index is 12.4. The first kappa shape index (κ1) is 13.2. The Kier molecular flexibility index (Phi) is 3.74. The quantitative estimate of drug-likeness (QED) is 0.880. The van der Waals surface area contributed by atoms with Crippen LogP contribution in [0.5, 0.6) is 0 Å². The van der Waals surface area contributed by atoms with Crippen LogP contribution in [0.25, 0.3) is 0 Å². The fraction of sp³-hybridized carbons (Fsp3) is 0.250. The number of fused-ring (bicyclic) bond motifs is 1. The molecule has 0 saturated heterocycles. The standard InChI is InChI=1S/C16H16N2OS/c1-20-16-13(7-4-10-17-16)15(19)18-14-9-8-11-5-2-3-6-12(11)14/h2-7,10,14H,8-9H2,1H3,(H,18,19). The summed E-state index contributed by atoms with van der Waals surface area (Å²) in [7, 11) is 0. The number of benzene rings is 1. The smallest absolute Gasteiger partial charge is 0.254 e. The predicted molar refractivity (Wildman–Crippen MR) is 81.0 cm³/mol. The SMILES string of the molecule is CSc1ncccc1C(=O)NC1CCc2ccccc21. The molecule has 0 radical (unpaired) electrons. The van der Waals surface area contributed by atoms with Crippen molar-refractivity contribution in [3.8, 4) is 0 Å². The van der Waals surface area contributed by atoms with Crippen LogP contribution in [-0.4, -0.2) is 17.1 Å². The topological polar surface area (TPSA) is 42.0 Å². The normalized spacial score (nSPS) is 16.8. The van der Waals surface area contributed by atoms with Crippen LogP contribution in [0.3, 0.4) is 0 Å². The Labute approximate surface area is 122 Å². The first-order valence-electron chi connectivity index (χ1n) is 6.67. The number of carbonyl (C=O) groups excluding carboxylic acids is 1. The number of rotatable bonds is 3. The number of aryl methyl sites for hydroxylation is 1. The van der Waals surface area contributed by atoms with E-state index in [-0.39, 0.29) is 11.9 Å². The lowest BCUT2D eigenvalue weighted by atomic mass is 10.1. The third-order valence-electron chi connectivity index (χ3n) is 3.65. The van der Waals surface area contributed by atoms with Crippen molar-refractivity contribution in [3.63, 3.8) is 0 Å². The molecule has 0 spiro atoms. The number of hydrogen-bond donors (Lipinski definition) is 1. The van der Waals surface area contributed by atoms with E-state index < -0.39 is 0 Å². The highest BCUT2D eigenvalue weighted by Crippen LogP contribution is 2.31. The Hall–Kier alpha value is -1.81. The lowest BCUT2D eigenvalue weighted by Gasteiger charge is -2.15. The Bertz CT molecular complexity index is 642. The van der Waals surface area contributed by atoms with Gasteiger partial charge in [0.2, 0.25) is 0 Å². The fourth-order valence-corrected chi connectivity index (χ4v) is 3.22. The molecule has 3 rings (SSSR count). The third-order valence-corrected chi connectivity index (χ3v) is 4.36. The molecule has 4 heteroatoms. The van der Waals surface area contributed by atoms with E-state index in [9.17, 15) is 4.79 Å². The van der Waals surface area contributed by atoms with Gasteiger partial charge in [-0.2, -0.15) is 0 Å². The van der Waals surface area contributed by atoms with E-state index in [1.54, 1.807) is 12.3 Å². The minimum absolute atomic E-state index is 0.0378. The molecular formula is C16H16N2OS. The highest BCUT2D eigenvalue weighted by Gasteiger charge is 2.24.